The average Bonchev–Trinajstić information content (AvgIpc) is 2.73. The third kappa shape index (κ3) is 2.79. The molecule has 0 spiro atoms. The van der Waals surface area contributed by atoms with Crippen LogP contribution in [0.4, 0.5) is 13.2 Å². The SMILES string of the molecule is CC1CCCN1C(=O)C1CCC(C(F)(F)F)CN1. The van der Waals surface area contributed by atoms with Gasteiger partial charge in [0.2, 0.25) is 5.91 Å². The molecule has 0 aromatic heterocycles. The topological polar surface area (TPSA) is 32.3 Å². The Labute approximate surface area is 105 Å². The monoisotopic (exact) mass is 264 g/mol. The van der Waals surface area contributed by atoms with E-state index in [2.05, 4.69) is 5.32 Å². The first kappa shape index (κ1) is 13.6. The highest BCUT2D eigenvalue weighted by atomic mass is 19.4. The van der Waals surface area contributed by atoms with Crippen molar-refractivity contribution in [1.82, 2.24) is 10.2 Å². The molecule has 2 rings (SSSR count). The fourth-order valence-corrected chi connectivity index (χ4v) is 2.81. The summed E-state index contributed by atoms with van der Waals surface area (Å²) in [6, 6.07) is -0.205. The smallest absolute Gasteiger partial charge is 0.339 e. The number of rotatable bonds is 1. The number of carbonyl (C=O) groups excluding carboxylic acids is 1. The Hall–Kier alpha value is -0.780. The summed E-state index contributed by atoms with van der Waals surface area (Å²) in [6.07, 6.45) is -1.84. The van der Waals surface area contributed by atoms with Crippen molar-refractivity contribution in [2.24, 2.45) is 5.92 Å². The molecule has 0 aliphatic carbocycles. The fourth-order valence-electron chi connectivity index (χ4n) is 2.81. The number of piperidine rings is 1. The van der Waals surface area contributed by atoms with Crippen molar-refractivity contribution >= 4 is 5.91 Å². The minimum absolute atomic E-state index is 0.0272. The highest BCUT2D eigenvalue weighted by Gasteiger charge is 2.43. The first-order chi connectivity index (χ1) is 8.39. The van der Waals surface area contributed by atoms with E-state index in [0.29, 0.717) is 0 Å². The Kier molecular flexibility index (Phi) is 3.84. The Bertz CT molecular complexity index is 311. The predicted molar refractivity (Wildman–Crippen MR) is 61.0 cm³/mol. The van der Waals surface area contributed by atoms with Crippen LogP contribution in [0.1, 0.15) is 32.6 Å². The van der Waals surface area contributed by atoms with Gasteiger partial charge >= 0.3 is 6.18 Å². The van der Waals surface area contributed by atoms with Crippen LogP contribution in [0.5, 0.6) is 0 Å². The van der Waals surface area contributed by atoms with Gasteiger partial charge in [0, 0.05) is 19.1 Å². The molecule has 0 saturated carbocycles. The second-order valence-corrected chi connectivity index (χ2v) is 5.30. The van der Waals surface area contributed by atoms with Crippen LogP contribution in [0.2, 0.25) is 0 Å². The summed E-state index contributed by atoms with van der Waals surface area (Å²) in [7, 11) is 0. The third-order valence-electron chi connectivity index (χ3n) is 4.01. The van der Waals surface area contributed by atoms with E-state index in [9.17, 15) is 18.0 Å². The Morgan fingerprint density at radius 2 is 2.00 bits per heavy atom. The molecule has 0 aromatic rings. The van der Waals surface area contributed by atoms with Crippen LogP contribution in [-0.2, 0) is 4.79 Å². The van der Waals surface area contributed by atoms with Gasteiger partial charge in [-0.05, 0) is 32.6 Å². The van der Waals surface area contributed by atoms with Crippen LogP contribution < -0.4 is 5.32 Å². The first-order valence-electron chi connectivity index (χ1n) is 6.50. The summed E-state index contributed by atoms with van der Waals surface area (Å²) < 4.78 is 37.5. The van der Waals surface area contributed by atoms with Crippen LogP contribution in [0.15, 0.2) is 0 Å². The van der Waals surface area contributed by atoms with E-state index in [1.54, 1.807) is 4.90 Å². The molecule has 3 atom stereocenters. The highest BCUT2D eigenvalue weighted by Crippen LogP contribution is 2.32. The van der Waals surface area contributed by atoms with Crippen molar-refractivity contribution in [2.75, 3.05) is 13.1 Å². The maximum absolute atomic E-state index is 12.5. The van der Waals surface area contributed by atoms with Crippen molar-refractivity contribution in [1.29, 1.82) is 0 Å². The minimum Gasteiger partial charge on any atom is -0.339 e. The third-order valence-corrected chi connectivity index (χ3v) is 4.01. The second-order valence-electron chi connectivity index (χ2n) is 5.30. The van der Waals surface area contributed by atoms with Gasteiger partial charge in [-0.3, -0.25) is 4.79 Å². The summed E-state index contributed by atoms with van der Waals surface area (Å²) in [6.45, 7) is 2.59. The zero-order valence-corrected chi connectivity index (χ0v) is 10.5. The molecule has 1 amide bonds. The van der Waals surface area contributed by atoms with E-state index >= 15 is 0 Å². The quantitative estimate of drug-likeness (QED) is 0.785. The first-order valence-corrected chi connectivity index (χ1v) is 6.50. The van der Waals surface area contributed by atoms with E-state index in [0.717, 1.165) is 19.4 Å². The van der Waals surface area contributed by atoms with Gasteiger partial charge < -0.3 is 10.2 Å². The van der Waals surface area contributed by atoms with Gasteiger partial charge in [0.15, 0.2) is 0 Å². The Balaban J connectivity index is 1.88. The maximum Gasteiger partial charge on any atom is 0.393 e. The van der Waals surface area contributed by atoms with Gasteiger partial charge in [-0.15, -0.1) is 0 Å². The standard InChI is InChI=1S/C12H19F3N2O/c1-8-3-2-6-17(8)11(18)10-5-4-9(7-16-10)12(13,14)15/h8-10,16H,2-7H2,1H3. The summed E-state index contributed by atoms with van der Waals surface area (Å²) in [5.74, 6) is -1.34. The molecule has 2 fully saturated rings. The minimum atomic E-state index is -4.15. The van der Waals surface area contributed by atoms with Crippen LogP contribution in [0, 0.1) is 5.92 Å². The molecular weight excluding hydrogens is 245 g/mol. The Morgan fingerprint density at radius 1 is 1.28 bits per heavy atom. The number of halogens is 3. The normalized spacial score (nSPS) is 33.8. The van der Waals surface area contributed by atoms with Gasteiger partial charge in [0.1, 0.15) is 0 Å². The number of likely N-dealkylation sites (tertiary alicyclic amines) is 1. The van der Waals surface area contributed by atoms with Crippen LogP contribution in [0.3, 0.4) is 0 Å². The molecule has 6 heteroatoms. The Morgan fingerprint density at radius 3 is 2.44 bits per heavy atom. The summed E-state index contributed by atoms with van der Waals surface area (Å²) >= 11 is 0. The van der Waals surface area contributed by atoms with E-state index in [1.807, 2.05) is 6.92 Å². The van der Waals surface area contributed by atoms with Crippen LogP contribution in [0.25, 0.3) is 0 Å². The van der Waals surface area contributed by atoms with Crippen molar-refractivity contribution in [3.63, 3.8) is 0 Å². The molecule has 2 heterocycles. The van der Waals surface area contributed by atoms with Crippen molar-refractivity contribution in [3.05, 3.63) is 0 Å². The van der Waals surface area contributed by atoms with E-state index < -0.39 is 18.1 Å². The number of alkyl halides is 3. The lowest BCUT2D eigenvalue weighted by atomic mass is 9.93. The summed E-state index contributed by atoms with van der Waals surface area (Å²) in [5, 5.41) is 2.76. The maximum atomic E-state index is 12.5. The predicted octanol–water partition coefficient (Wildman–Crippen LogP) is 1.93. The molecule has 0 bridgehead atoms. The number of hydrogen-bond donors (Lipinski definition) is 1. The molecule has 3 unspecified atom stereocenters. The number of amides is 1. The molecule has 2 saturated heterocycles. The van der Waals surface area contributed by atoms with Crippen molar-refractivity contribution in [3.8, 4) is 0 Å². The number of hydrogen-bond acceptors (Lipinski definition) is 2. The molecular formula is C12H19F3N2O. The highest BCUT2D eigenvalue weighted by molar-refractivity contribution is 5.82. The number of nitrogens with zero attached hydrogens (tertiary/aromatic N) is 1. The largest absolute Gasteiger partial charge is 0.393 e. The molecule has 18 heavy (non-hydrogen) atoms. The van der Waals surface area contributed by atoms with Crippen LogP contribution >= 0.6 is 0 Å². The van der Waals surface area contributed by atoms with E-state index in [-0.39, 0.29) is 31.3 Å². The average molecular weight is 264 g/mol. The molecule has 3 nitrogen and oxygen atoms in total. The number of carbonyl (C=O) groups is 1. The second kappa shape index (κ2) is 5.07. The van der Waals surface area contributed by atoms with Gasteiger partial charge in [0.25, 0.3) is 0 Å². The van der Waals surface area contributed by atoms with Gasteiger partial charge in [0.05, 0.1) is 12.0 Å². The zero-order valence-electron chi connectivity index (χ0n) is 10.5. The van der Waals surface area contributed by atoms with Gasteiger partial charge in [-0.1, -0.05) is 0 Å². The summed E-state index contributed by atoms with van der Waals surface area (Å²) in [5.41, 5.74) is 0. The number of nitrogens with one attached hydrogen (secondary N) is 1. The van der Waals surface area contributed by atoms with Crippen LogP contribution in [-0.4, -0.2) is 42.2 Å². The van der Waals surface area contributed by atoms with E-state index in [1.165, 1.54) is 0 Å². The zero-order chi connectivity index (χ0) is 13.3. The van der Waals surface area contributed by atoms with Crippen molar-refractivity contribution in [2.45, 2.75) is 50.9 Å². The summed E-state index contributed by atoms with van der Waals surface area (Å²) in [4.78, 5) is 13.9. The molecule has 1 N–H and O–H groups in total. The lowest BCUT2D eigenvalue weighted by Crippen LogP contribution is -2.53. The van der Waals surface area contributed by atoms with Gasteiger partial charge in [-0.2, -0.15) is 13.2 Å². The molecule has 2 aliphatic rings. The van der Waals surface area contributed by atoms with Crippen molar-refractivity contribution < 1.29 is 18.0 Å². The van der Waals surface area contributed by atoms with Gasteiger partial charge in [-0.25, -0.2) is 0 Å². The molecule has 104 valence electrons. The lowest BCUT2D eigenvalue weighted by molar-refractivity contribution is -0.180. The molecule has 2 aliphatic heterocycles. The lowest BCUT2D eigenvalue weighted by Gasteiger charge is -2.33. The fraction of sp³-hybridized carbons (Fsp3) is 0.917. The van der Waals surface area contributed by atoms with E-state index in [4.69, 9.17) is 0 Å². The molecule has 0 aromatic carbocycles. The molecule has 0 radical (unpaired) electrons.